The Morgan fingerprint density at radius 2 is 1.48 bits per heavy atom. The third kappa shape index (κ3) is 2.77. The number of hydrogen-bond donors (Lipinski definition) is 2. The van der Waals surface area contributed by atoms with Crippen molar-refractivity contribution >= 4 is 21.8 Å². The zero-order valence-electron chi connectivity index (χ0n) is 10.6. The van der Waals surface area contributed by atoms with Crippen LogP contribution in [0.3, 0.4) is 0 Å². The Kier molecular flexibility index (Phi) is 3.77. The van der Waals surface area contributed by atoms with E-state index >= 15 is 0 Å². The van der Waals surface area contributed by atoms with Crippen LogP contribution in [0.2, 0.25) is 0 Å². The Balaban J connectivity index is 2.69. The second-order valence-electron chi connectivity index (χ2n) is 4.14. The van der Waals surface area contributed by atoms with E-state index in [4.69, 9.17) is 10.2 Å². The highest BCUT2D eigenvalue weighted by Gasteiger charge is 2.25. The van der Waals surface area contributed by atoms with E-state index in [1.807, 2.05) is 0 Å². The van der Waals surface area contributed by atoms with E-state index in [-0.39, 0.29) is 10.5 Å². The van der Waals surface area contributed by atoms with E-state index < -0.39 is 32.2 Å². The summed E-state index contributed by atoms with van der Waals surface area (Å²) in [5.74, 6) is -2.84. The Hall–Kier alpha value is -2.67. The van der Waals surface area contributed by atoms with Crippen LogP contribution in [0.15, 0.2) is 58.3 Å². The predicted octanol–water partition coefficient (Wildman–Crippen LogP) is 1.92. The van der Waals surface area contributed by atoms with Crippen molar-refractivity contribution in [2.24, 2.45) is 0 Å². The van der Waals surface area contributed by atoms with E-state index in [1.54, 1.807) is 6.07 Å². The molecule has 0 aliphatic heterocycles. The maximum Gasteiger partial charge on any atom is 0.337 e. The van der Waals surface area contributed by atoms with Crippen molar-refractivity contribution in [1.29, 1.82) is 0 Å². The molecule has 7 heteroatoms. The van der Waals surface area contributed by atoms with Crippen molar-refractivity contribution in [2.45, 2.75) is 9.79 Å². The maximum absolute atomic E-state index is 12.4. The number of carboxylic acid groups (broad SMARTS) is 2. The van der Waals surface area contributed by atoms with Crippen LogP contribution in [0, 0.1) is 0 Å². The van der Waals surface area contributed by atoms with Crippen LogP contribution in [0.1, 0.15) is 20.7 Å². The molecule has 0 radical (unpaired) electrons. The first-order chi connectivity index (χ1) is 9.84. The van der Waals surface area contributed by atoms with Gasteiger partial charge >= 0.3 is 11.9 Å². The maximum atomic E-state index is 12.4. The Morgan fingerprint density at radius 3 is 2.00 bits per heavy atom. The number of sulfone groups is 1. The molecule has 2 N–H and O–H groups in total. The first-order valence-electron chi connectivity index (χ1n) is 5.75. The number of carboxylic acids is 2. The molecule has 0 amide bonds. The van der Waals surface area contributed by atoms with Gasteiger partial charge in [-0.15, -0.1) is 0 Å². The molecule has 0 saturated heterocycles. The fourth-order valence-electron chi connectivity index (χ4n) is 1.79. The average Bonchev–Trinajstić information content (AvgIpc) is 2.47. The molecule has 21 heavy (non-hydrogen) atoms. The number of rotatable bonds is 4. The fraction of sp³-hybridized carbons (Fsp3) is 0. The third-order valence-electron chi connectivity index (χ3n) is 2.80. The molecule has 6 nitrogen and oxygen atoms in total. The Labute approximate surface area is 120 Å². The van der Waals surface area contributed by atoms with Crippen LogP contribution in [0.5, 0.6) is 0 Å². The minimum absolute atomic E-state index is 0.0597. The molecule has 0 spiro atoms. The highest BCUT2D eigenvalue weighted by atomic mass is 32.2. The molecule has 0 saturated carbocycles. The van der Waals surface area contributed by atoms with Gasteiger partial charge in [0, 0.05) is 0 Å². The minimum atomic E-state index is -4.03. The largest absolute Gasteiger partial charge is 0.478 e. The highest BCUT2D eigenvalue weighted by Crippen LogP contribution is 2.25. The molecule has 0 aliphatic rings. The molecule has 2 rings (SSSR count). The summed E-state index contributed by atoms with van der Waals surface area (Å²) < 4.78 is 24.9. The van der Waals surface area contributed by atoms with Gasteiger partial charge in [-0.05, 0) is 30.3 Å². The molecule has 0 unspecified atom stereocenters. The summed E-state index contributed by atoms with van der Waals surface area (Å²) >= 11 is 0. The van der Waals surface area contributed by atoms with Gasteiger partial charge in [0.25, 0.3) is 0 Å². The van der Waals surface area contributed by atoms with Gasteiger partial charge in [0.1, 0.15) is 0 Å². The first-order valence-corrected chi connectivity index (χ1v) is 7.23. The van der Waals surface area contributed by atoms with Crippen LogP contribution in [0.25, 0.3) is 0 Å². The molecule has 0 fully saturated rings. The van der Waals surface area contributed by atoms with E-state index in [2.05, 4.69) is 0 Å². The van der Waals surface area contributed by atoms with Crippen molar-refractivity contribution in [3.8, 4) is 0 Å². The van der Waals surface area contributed by atoms with Crippen molar-refractivity contribution in [2.75, 3.05) is 0 Å². The lowest BCUT2D eigenvalue weighted by Gasteiger charge is -2.08. The Bertz CT molecular complexity index is 809. The molecule has 0 atom stereocenters. The van der Waals surface area contributed by atoms with Crippen molar-refractivity contribution in [3.05, 3.63) is 59.7 Å². The van der Waals surface area contributed by atoms with Crippen molar-refractivity contribution in [1.82, 2.24) is 0 Å². The molecular weight excluding hydrogens is 296 g/mol. The second-order valence-corrected chi connectivity index (χ2v) is 6.06. The summed E-state index contributed by atoms with van der Waals surface area (Å²) in [4.78, 5) is 21.6. The smallest absolute Gasteiger partial charge is 0.337 e. The average molecular weight is 306 g/mol. The van der Waals surface area contributed by atoms with Crippen LogP contribution < -0.4 is 0 Å². The molecule has 0 aliphatic carbocycles. The van der Waals surface area contributed by atoms with Gasteiger partial charge < -0.3 is 10.2 Å². The van der Waals surface area contributed by atoms with Gasteiger partial charge in [0.15, 0.2) is 0 Å². The first kappa shape index (κ1) is 14.7. The summed E-state index contributed by atoms with van der Waals surface area (Å²) in [6.45, 7) is 0. The summed E-state index contributed by atoms with van der Waals surface area (Å²) in [5, 5.41) is 18.0. The van der Waals surface area contributed by atoms with Gasteiger partial charge in [0.05, 0.1) is 20.9 Å². The van der Waals surface area contributed by atoms with Gasteiger partial charge in [-0.1, -0.05) is 18.2 Å². The topological polar surface area (TPSA) is 109 Å². The van der Waals surface area contributed by atoms with Gasteiger partial charge in [0.2, 0.25) is 9.84 Å². The second kappa shape index (κ2) is 5.37. The standard InChI is InChI=1S/C14H10O6S/c15-13(16)9-6-7-12(11(8-9)14(17)18)21(19,20)10-4-2-1-3-5-10/h1-8H,(H,15,16)(H,17,18). The van der Waals surface area contributed by atoms with Crippen molar-refractivity contribution in [3.63, 3.8) is 0 Å². The predicted molar refractivity (Wildman–Crippen MR) is 72.3 cm³/mol. The normalized spacial score (nSPS) is 11.0. The fourth-order valence-corrected chi connectivity index (χ4v) is 3.24. The third-order valence-corrected chi connectivity index (χ3v) is 4.63. The monoisotopic (exact) mass is 306 g/mol. The molecule has 2 aromatic rings. The van der Waals surface area contributed by atoms with Gasteiger partial charge in [-0.3, -0.25) is 0 Å². The lowest BCUT2D eigenvalue weighted by atomic mass is 10.1. The van der Waals surface area contributed by atoms with Crippen LogP contribution in [-0.4, -0.2) is 30.6 Å². The van der Waals surface area contributed by atoms with Gasteiger partial charge in [-0.25, -0.2) is 18.0 Å². The van der Waals surface area contributed by atoms with Crippen molar-refractivity contribution < 1.29 is 28.2 Å². The quantitative estimate of drug-likeness (QED) is 0.893. The van der Waals surface area contributed by atoms with E-state index in [0.29, 0.717) is 0 Å². The summed E-state index contributed by atoms with van der Waals surface area (Å²) in [6.07, 6.45) is 0. The van der Waals surface area contributed by atoms with Gasteiger partial charge in [-0.2, -0.15) is 0 Å². The minimum Gasteiger partial charge on any atom is -0.478 e. The van der Waals surface area contributed by atoms with E-state index in [1.165, 1.54) is 24.3 Å². The molecule has 108 valence electrons. The number of benzene rings is 2. The lowest BCUT2D eigenvalue weighted by Crippen LogP contribution is -2.11. The SMILES string of the molecule is O=C(O)c1ccc(S(=O)(=O)c2ccccc2)c(C(=O)O)c1. The molecule has 0 heterocycles. The van der Waals surface area contributed by atoms with E-state index in [9.17, 15) is 18.0 Å². The van der Waals surface area contributed by atoms with Crippen LogP contribution >= 0.6 is 0 Å². The molecule has 0 bridgehead atoms. The van der Waals surface area contributed by atoms with Crippen LogP contribution in [0.4, 0.5) is 0 Å². The summed E-state index contributed by atoms with van der Waals surface area (Å²) in [5.41, 5.74) is -0.863. The molecule has 2 aromatic carbocycles. The highest BCUT2D eigenvalue weighted by molar-refractivity contribution is 7.91. The molecule has 0 aromatic heterocycles. The Morgan fingerprint density at radius 1 is 0.857 bits per heavy atom. The number of carbonyl (C=O) groups is 2. The zero-order valence-corrected chi connectivity index (χ0v) is 11.4. The number of hydrogen-bond acceptors (Lipinski definition) is 4. The summed E-state index contributed by atoms with van der Waals surface area (Å²) in [6, 6.07) is 10.2. The number of aromatic carboxylic acids is 2. The molecular formula is C14H10O6S. The van der Waals surface area contributed by atoms with E-state index in [0.717, 1.165) is 18.2 Å². The lowest BCUT2D eigenvalue weighted by molar-refractivity contribution is 0.0692. The summed E-state index contributed by atoms with van der Waals surface area (Å²) in [7, 11) is -4.03. The zero-order chi connectivity index (χ0) is 15.6. The van der Waals surface area contributed by atoms with Crippen LogP contribution in [-0.2, 0) is 9.84 Å².